The number of nitrogens with zero attached hydrogens (tertiary/aromatic N) is 1. The SMILES string of the molecule is N#Cc1oc2ccccc2c1NC(=O)COC(=O)c1ccc(Oc2ccccc2)cc1. The van der Waals surface area contributed by atoms with E-state index in [0.717, 1.165) is 0 Å². The van der Waals surface area contributed by atoms with Gasteiger partial charge in [-0.1, -0.05) is 30.3 Å². The lowest BCUT2D eigenvalue weighted by Crippen LogP contribution is -2.21. The quantitative estimate of drug-likeness (QED) is 0.452. The van der Waals surface area contributed by atoms with E-state index in [1.54, 1.807) is 48.5 Å². The molecule has 7 heteroatoms. The van der Waals surface area contributed by atoms with Crippen molar-refractivity contribution in [2.24, 2.45) is 0 Å². The van der Waals surface area contributed by atoms with E-state index >= 15 is 0 Å². The van der Waals surface area contributed by atoms with Gasteiger partial charge in [0, 0.05) is 5.39 Å². The molecule has 1 aromatic heterocycles. The maximum absolute atomic E-state index is 12.3. The van der Waals surface area contributed by atoms with Crippen LogP contribution in [-0.4, -0.2) is 18.5 Å². The molecule has 0 saturated heterocycles. The number of anilines is 1. The minimum Gasteiger partial charge on any atom is -0.457 e. The monoisotopic (exact) mass is 412 g/mol. The molecule has 7 nitrogen and oxygen atoms in total. The van der Waals surface area contributed by atoms with Gasteiger partial charge in [-0.05, 0) is 48.5 Å². The molecule has 1 amide bonds. The fourth-order valence-corrected chi connectivity index (χ4v) is 2.92. The summed E-state index contributed by atoms with van der Waals surface area (Å²) >= 11 is 0. The van der Waals surface area contributed by atoms with E-state index in [2.05, 4.69) is 5.32 Å². The molecule has 0 aliphatic rings. The van der Waals surface area contributed by atoms with E-state index in [4.69, 9.17) is 13.9 Å². The van der Waals surface area contributed by atoms with Gasteiger partial charge >= 0.3 is 5.97 Å². The van der Waals surface area contributed by atoms with Crippen LogP contribution in [-0.2, 0) is 9.53 Å². The van der Waals surface area contributed by atoms with Crippen LogP contribution in [0.2, 0.25) is 0 Å². The van der Waals surface area contributed by atoms with Gasteiger partial charge in [-0.25, -0.2) is 4.79 Å². The van der Waals surface area contributed by atoms with E-state index in [1.165, 1.54) is 0 Å². The van der Waals surface area contributed by atoms with Gasteiger partial charge in [0.1, 0.15) is 28.8 Å². The average Bonchev–Trinajstić information content (AvgIpc) is 3.16. The third-order valence-corrected chi connectivity index (χ3v) is 4.36. The number of carbonyl (C=O) groups is 2. The van der Waals surface area contributed by atoms with E-state index in [9.17, 15) is 14.9 Å². The molecule has 0 unspecified atom stereocenters. The molecule has 0 aliphatic heterocycles. The summed E-state index contributed by atoms with van der Waals surface area (Å²) in [6.07, 6.45) is 0. The van der Waals surface area contributed by atoms with Crippen molar-refractivity contribution in [1.29, 1.82) is 5.26 Å². The number of hydrogen-bond donors (Lipinski definition) is 1. The van der Waals surface area contributed by atoms with Crippen molar-refractivity contribution in [1.82, 2.24) is 0 Å². The largest absolute Gasteiger partial charge is 0.457 e. The van der Waals surface area contributed by atoms with Crippen LogP contribution in [0.25, 0.3) is 11.0 Å². The van der Waals surface area contributed by atoms with Crippen molar-refractivity contribution in [3.63, 3.8) is 0 Å². The average molecular weight is 412 g/mol. The van der Waals surface area contributed by atoms with Crippen molar-refractivity contribution < 1.29 is 23.5 Å². The number of carbonyl (C=O) groups excluding carboxylic acids is 2. The zero-order valence-corrected chi connectivity index (χ0v) is 16.2. The smallest absolute Gasteiger partial charge is 0.338 e. The molecule has 0 spiro atoms. The number of fused-ring (bicyclic) bond motifs is 1. The number of esters is 1. The van der Waals surface area contributed by atoms with Crippen molar-refractivity contribution in [3.8, 4) is 17.6 Å². The van der Waals surface area contributed by atoms with Gasteiger partial charge in [-0.2, -0.15) is 5.26 Å². The molecule has 4 rings (SSSR count). The number of nitriles is 1. The van der Waals surface area contributed by atoms with Crippen LogP contribution in [0.15, 0.2) is 83.3 Å². The molecule has 0 aliphatic carbocycles. The van der Waals surface area contributed by atoms with Gasteiger partial charge in [-0.15, -0.1) is 0 Å². The maximum atomic E-state index is 12.3. The highest BCUT2D eigenvalue weighted by Crippen LogP contribution is 2.30. The number of furan rings is 1. The van der Waals surface area contributed by atoms with Gasteiger partial charge in [0.15, 0.2) is 6.61 Å². The fraction of sp³-hybridized carbons (Fsp3) is 0.0417. The molecule has 0 fully saturated rings. The summed E-state index contributed by atoms with van der Waals surface area (Å²) in [7, 11) is 0. The summed E-state index contributed by atoms with van der Waals surface area (Å²) < 4.78 is 16.2. The first-order chi connectivity index (χ1) is 15.1. The van der Waals surface area contributed by atoms with E-state index in [1.807, 2.05) is 36.4 Å². The molecule has 152 valence electrons. The molecule has 0 bridgehead atoms. The fourth-order valence-electron chi connectivity index (χ4n) is 2.92. The Morgan fingerprint density at radius 3 is 2.32 bits per heavy atom. The molecule has 0 atom stereocenters. The first kappa shape index (κ1) is 19.7. The first-order valence-electron chi connectivity index (χ1n) is 9.35. The van der Waals surface area contributed by atoms with Crippen LogP contribution in [0.5, 0.6) is 11.5 Å². The summed E-state index contributed by atoms with van der Waals surface area (Å²) in [6, 6.07) is 24.5. The minimum absolute atomic E-state index is 0.0186. The van der Waals surface area contributed by atoms with Gasteiger partial charge in [-0.3, -0.25) is 4.79 Å². The minimum atomic E-state index is -0.654. The summed E-state index contributed by atoms with van der Waals surface area (Å²) in [5, 5.41) is 12.4. The van der Waals surface area contributed by atoms with Gasteiger partial charge in [0.2, 0.25) is 5.76 Å². The highest BCUT2D eigenvalue weighted by molar-refractivity contribution is 6.03. The Kier molecular flexibility index (Phi) is 5.63. The van der Waals surface area contributed by atoms with E-state index in [0.29, 0.717) is 22.5 Å². The second-order valence-corrected chi connectivity index (χ2v) is 6.48. The predicted molar refractivity (Wildman–Crippen MR) is 113 cm³/mol. The van der Waals surface area contributed by atoms with Crippen molar-refractivity contribution in [3.05, 3.63) is 90.2 Å². The number of para-hydroxylation sites is 2. The predicted octanol–water partition coefficient (Wildman–Crippen LogP) is 4.89. The van der Waals surface area contributed by atoms with Gasteiger partial charge in [0.25, 0.3) is 5.91 Å². The number of rotatable bonds is 6. The molecular weight excluding hydrogens is 396 g/mol. The molecule has 0 radical (unpaired) electrons. The molecule has 0 saturated carbocycles. The number of nitrogens with one attached hydrogen (secondary N) is 1. The van der Waals surface area contributed by atoms with Crippen LogP contribution < -0.4 is 10.1 Å². The molecule has 4 aromatic rings. The number of hydrogen-bond acceptors (Lipinski definition) is 6. The highest BCUT2D eigenvalue weighted by atomic mass is 16.5. The number of ether oxygens (including phenoxy) is 2. The molecular formula is C24H16N2O5. The van der Waals surface area contributed by atoms with Gasteiger partial charge in [0.05, 0.1) is 5.56 Å². The van der Waals surface area contributed by atoms with Crippen LogP contribution >= 0.6 is 0 Å². The number of amides is 1. The van der Waals surface area contributed by atoms with Crippen LogP contribution in [0, 0.1) is 11.3 Å². The second-order valence-electron chi connectivity index (χ2n) is 6.48. The van der Waals surface area contributed by atoms with Crippen LogP contribution in [0.3, 0.4) is 0 Å². The summed E-state index contributed by atoms with van der Waals surface area (Å²) in [4.78, 5) is 24.5. The molecule has 3 aromatic carbocycles. The lowest BCUT2D eigenvalue weighted by molar-refractivity contribution is -0.119. The Hall–Kier alpha value is -4.57. The Morgan fingerprint density at radius 2 is 1.58 bits per heavy atom. The van der Waals surface area contributed by atoms with Gasteiger partial charge < -0.3 is 19.2 Å². The van der Waals surface area contributed by atoms with Crippen molar-refractivity contribution in [2.45, 2.75) is 0 Å². The van der Waals surface area contributed by atoms with Crippen LogP contribution in [0.4, 0.5) is 5.69 Å². The molecule has 1 heterocycles. The van der Waals surface area contributed by atoms with E-state index in [-0.39, 0.29) is 17.0 Å². The third-order valence-electron chi connectivity index (χ3n) is 4.36. The lowest BCUT2D eigenvalue weighted by Gasteiger charge is -2.08. The molecule has 1 N–H and O–H groups in total. The lowest BCUT2D eigenvalue weighted by atomic mass is 10.2. The highest BCUT2D eigenvalue weighted by Gasteiger charge is 2.17. The topological polar surface area (TPSA) is 102 Å². The summed E-state index contributed by atoms with van der Waals surface area (Å²) in [5.74, 6) is -0.0105. The standard InChI is InChI=1S/C24H16N2O5/c25-14-21-23(19-8-4-5-9-20(19)31-21)26-22(27)15-29-24(28)16-10-12-18(13-11-16)30-17-6-2-1-3-7-17/h1-13H,15H2,(H,26,27). The van der Waals surface area contributed by atoms with Crippen LogP contribution in [0.1, 0.15) is 16.1 Å². The Balaban J connectivity index is 1.36. The zero-order chi connectivity index (χ0) is 21.6. The molecule has 31 heavy (non-hydrogen) atoms. The normalized spacial score (nSPS) is 10.3. The summed E-state index contributed by atoms with van der Waals surface area (Å²) in [6.45, 7) is -0.508. The Bertz CT molecular complexity index is 1270. The Labute approximate surface area is 177 Å². The second kappa shape index (κ2) is 8.84. The van der Waals surface area contributed by atoms with E-state index < -0.39 is 18.5 Å². The maximum Gasteiger partial charge on any atom is 0.338 e. The summed E-state index contributed by atoms with van der Waals surface area (Å²) in [5.41, 5.74) is 1.01. The third kappa shape index (κ3) is 4.54. The zero-order valence-electron chi connectivity index (χ0n) is 16.2. The first-order valence-corrected chi connectivity index (χ1v) is 9.35. The Morgan fingerprint density at radius 1 is 0.903 bits per heavy atom. The van der Waals surface area contributed by atoms with Crippen molar-refractivity contribution >= 4 is 28.5 Å². The van der Waals surface area contributed by atoms with Crippen molar-refractivity contribution in [2.75, 3.05) is 11.9 Å². The number of benzene rings is 3.